The first-order valence-corrected chi connectivity index (χ1v) is 5.95. The van der Waals surface area contributed by atoms with Gasteiger partial charge in [0.25, 0.3) is 0 Å². The van der Waals surface area contributed by atoms with Crippen molar-refractivity contribution in [3.05, 3.63) is 11.4 Å². The van der Waals surface area contributed by atoms with E-state index in [4.69, 9.17) is 0 Å². The third-order valence-corrected chi connectivity index (χ3v) is 2.95. The molecule has 0 aromatic carbocycles. The SMILES string of the molecule is CC(=O)Nc1c(C)nc(N2CCCC2)nc1C. The number of hydrogen-bond donors (Lipinski definition) is 1. The van der Waals surface area contributed by atoms with E-state index in [9.17, 15) is 4.79 Å². The van der Waals surface area contributed by atoms with Gasteiger partial charge in [0, 0.05) is 20.0 Å². The van der Waals surface area contributed by atoms with Crippen molar-refractivity contribution in [2.45, 2.75) is 33.6 Å². The molecule has 1 N–H and O–H groups in total. The molecule has 0 aliphatic carbocycles. The molecule has 2 rings (SSSR count). The lowest BCUT2D eigenvalue weighted by Crippen LogP contribution is -2.22. The number of carbonyl (C=O) groups excluding carboxylic acids is 1. The molecule has 1 aromatic heterocycles. The minimum atomic E-state index is -0.0891. The van der Waals surface area contributed by atoms with E-state index in [2.05, 4.69) is 20.2 Å². The van der Waals surface area contributed by atoms with Gasteiger partial charge in [0.1, 0.15) is 0 Å². The molecule has 5 nitrogen and oxygen atoms in total. The van der Waals surface area contributed by atoms with E-state index in [1.165, 1.54) is 19.8 Å². The van der Waals surface area contributed by atoms with Crippen LogP contribution in [-0.2, 0) is 4.79 Å². The van der Waals surface area contributed by atoms with Gasteiger partial charge in [-0.3, -0.25) is 4.79 Å². The maximum Gasteiger partial charge on any atom is 0.225 e. The monoisotopic (exact) mass is 234 g/mol. The minimum absolute atomic E-state index is 0.0891. The molecule has 1 saturated heterocycles. The molecule has 5 heteroatoms. The second-order valence-corrected chi connectivity index (χ2v) is 4.44. The lowest BCUT2D eigenvalue weighted by molar-refractivity contribution is -0.114. The van der Waals surface area contributed by atoms with Crippen molar-refractivity contribution in [3.8, 4) is 0 Å². The van der Waals surface area contributed by atoms with Gasteiger partial charge < -0.3 is 10.2 Å². The number of rotatable bonds is 2. The average Bonchev–Trinajstić information content (AvgIpc) is 2.76. The van der Waals surface area contributed by atoms with Crippen molar-refractivity contribution in [1.82, 2.24) is 9.97 Å². The summed E-state index contributed by atoms with van der Waals surface area (Å²) >= 11 is 0. The molecule has 1 aromatic rings. The molecule has 0 unspecified atom stereocenters. The Morgan fingerprint density at radius 2 is 1.71 bits per heavy atom. The van der Waals surface area contributed by atoms with E-state index in [0.717, 1.165) is 36.1 Å². The van der Waals surface area contributed by atoms with Crippen LogP contribution in [0.4, 0.5) is 11.6 Å². The Kier molecular flexibility index (Phi) is 3.26. The topological polar surface area (TPSA) is 58.1 Å². The van der Waals surface area contributed by atoms with Crippen LogP contribution in [-0.4, -0.2) is 29.0 Å². The lowest BCUT2D eigenvalue weighted by Gasteiger charge is -2.18. The molecule has 0 atom stereocenters. The van der Waals surface area contributed by atoms with Crippen LogP contribution < -0.4 is 10.2 Å². The first-order valence-electron chi connectivity index (χ1n) is 5.95. The average molecular weight is 234 g/mol. The van der Waals surface area contributed by atoms with E-state index >= 15 is 0 Å². The van der Waals surface area contributed by atoms with Gasteiger partial charge in [0.2, 0.25) is 11.9 Å². The van der Waals surface area contributed by atoms with E-state index in [1.807, 2.05) is 13.8 Å². The summed E-state index contributed by atoms with van der Waals surface area (Å²) in [5, 5.41) is 2.78. The fourth-order valence-corrected chi connectivity index (χ4v) is 2.11. The molecule has 1 amide bonds. The fraction of sp³-hybridized carbons (Fsp3) is 0.583. The van der Waals surface area contributed by atoms with Gasteiger partial charge in [-0.1, -0.05) is 0 Å². The molecule has 0 saturated carbocycles. The summed E-state index contributed by atoms with van der Waals surface area (Å²) in [6.45, 7) is 7.35. The van der Waals surface area contributed by atoms with Crippen LogP contribution in [0.2, 0.25) is 0 Å². The van der Waals surface area contributed by atoms with Crippen LogP contribution in [0.5, 0.6) is 0 Å². The number of aryl methyl sites for hydroxylation is 2. The Balaban J connectivity index is 2.30. The summed E-state index contributed by atoms with van der Waals surface area (Å²) < 4.78 is 0. The molecular weight excluding hydrogens is 216 g/mol. The summed E-state index contributed by atoms with van der Waals surface area (Å²) in [7, 11) is 0. The van der Waals surface area contributed by atoms with Crippen molar-refractivity contribution >= 4 is 17.5 Å². The van der Waals surface area contributed by atoms with Crippen molar-refractivity contribution in [1.29, 1.82) is 0 Å². The quantitative estimate of drug-likeness (QED) is 0.845. The van der Waals surface area contributed by atoms with Crippen LogP contribution in [0, 0.1) is 13.8 Å². The maximum atomic E-state index is 11.1. The largest absolute Gasteiger partial charge is 0.341 e. The molecular formula is C12H18N4O. The molecule has 17 heavy (non-hydrogen) atoms. The van der Waals surface area contributed by atoms with Crippen LogP contribution in [0.25, 0.3) is 0 Å². The van der Waals surface area contributed by atoms with Crippen molar-refractivity contribution < 1.29 is 4.79 Å². The van der Waals surface area contributed by atoms with E-state index in [1.54, 1.807) is 0 Å². The number of nitrogens with zero attached hydrogens (tertiary/aromatic N) is 3. The van der Waals surface area contributed by atoms with Gasteiger partial charge >= 0.3 is 0 Å². The van der Waals surface area contributed by atoms with Crippen molar-refractivity contribution in [2.75, 3.05) is 23.3 Å². The van der Waals surface area contributed by atoms with Gasteiger partial charge in [-0.25, -0.2) is 9.97 Å². The Morgan fingerprint density at radius 1 is 1.18 bits per heavy atom. The van der Waals surface area contributed by atoms with Crippen molar-refractivity contribution in [3.63, 3.8) is 0 Å². The van der Waals surface area contributed by atoms with Crippen LogP contribution in [0.1, 0.15) is 31.2 Å². The summed E-state index contributed by atoms with van der Waals surface area (Å²) in [4.78, 5) is 22.2. The maximum absolute atomic E-state index is 11.1. The van der Waals surface area contributed by atoms with E-state index in [-0.39, 0.29) is 5.91 Å². The minimum Gasteiger partial charge on any atom is -0.341 e. The number of amides is 1. The first-order chi connectivity index (χ1) is 8.08. The molecule has 1 aliphatic rings. The molecule has 1 aliphatic heterocycles. The zero-order valence-corrected chi connectivity index (χ0v) is 10.6. The zero-order valence-electron chi connectivity index (χ0n) is 10.6. The first kappa shape index (κ1) is 11.8. The Bertz CT molecular complexity index is 415. The summed E-state index contributed by atoms with van der Waals surface area (Å²) in [6, 6.07) is 0. The van der Waals surface area contributed by atoms with Gasteiger partial charge in [-0.05, 0) is 26.7 Å². The summed E-state index contributed by atoms with van der Waals surface area (Å²) in [5.41, 5.74) is 2.39. The highest BCUT2D eigenvalue weighted by atomic mass is 16.1. The number of carbonyl (C=O) groups is 1. The smallest absolute Gasteiger partial charge is 0.225 e. The highest BCUT2D eigenvalue weighted by Crippen LogP contribution is 2.22. The lowest BCUT2D eigenvalue weighted by atomic mass is 10.3. The number of aromatic nitrogens is 2. The van der Waals surface area contributed by atoms with Gasteiger partial charge in [-0.2, -0.15) is 0 Å². The van der Waals surface area contributed by atoms with E-state index < -0.39 is 0 Å². The molecule has 0 radical (unpaired) electrons. The predicted molar refractivity (Wildman–Crippen MR) is 67.3 cm³/mol. The Labute approximate surface area is 101 Å². The molecule has 0 bridgehead atoms. The summed E-state index contributed by atoms with van der Waals surface area (Å²) in [5.74, 6) is 0.695. The second kappa shape index (κ2) is 4.69. The van der Waals surface area contributed by atoms with Crippen LogP contribution in [0.3, 0.4) is 0 Å². The molecule has 1 fully saturated rings. The Hall–Kier alpha value is -1.65. The third kappa shape index (κ3) is 2.54. The van der Waals surface area contributed by atoms with Crippen LogP contribution in [0.15, 0.2) is 0 Å². The number of hydrogen-bond acceptors (Lipinski definition) is 4. The normalized spacial score (nSPS) is 15.1. The zero-order chi connectivity index (χ0) is 12.4. The molecule has 0 spiro atoms. The van der Waals surface area contributed by atoms with Crippen molar-refractivity contribution in [2.24, 2.45) is 0 Å². The summed E-state index contributed by atoms with van der Waals surface area (Å²) in [6.07, 6.45) is 2.41. The highest BCUT2D eigenvalue weighted by molar-refractivity contribution is 5.89. The third-order valence-electron chi connectivity index (χ3n) is 2.95. The highest BCUT2D eigenvalue weighted by Gasteiger charge is 2.17. The van der Waals surface area contributed by atoms with Gasteiger partial charge in [0.15, 0.2) is 0 Å². The number of anilines is 2. The van der Waals surface area contributed by atoms with Crippen LogP contribution >= 0.6 is 0 Å². The number of nitrogens with one attached hydrogen (secondary N) is 1. The van der Waals surface area contributed by atoms with Gasteiger partial charge in [-0.15, -0.1) is 0 Å². The Morgan fingerprint density at radius 3 is 2.18 bits per heavy atom. The molecule has 2 heterocycles. The van der Waals surface area contributed by atoms with Gasteiger partial charge in [0.05, 0.1) is 17.1 Å². The molecule has 92 valence electrons. The standard InChI is InChI=1S/C12H18N4O/c1-8-11(15-10(3)17)9(2)14-12(13-8)16-6-4-5-7-16/h4-7H2,1-3H3,(H,15,17). The fourth-order valence-electron chi connectivity index (χ4n) is 2.11. The van der Waals surface area contributed by atoms with E-state index in [0.29, 0.717) is 0 Å². The second-order valence-electron chi connectivity index (χ2n) is 4.44. The predicted octanol–water partition coefficient (Wildman–Crippen LogP) is 1.65.